The molecule has 0 aromatic carbocycles. The summed E-state index contributed by atoms with van der Waals surface area (Å²) in [6.07, 6.45) is 0.410. The van der Waals surface area contributed by atoms with Crippen LogP contribution in [0.5, 0.6) is 0 Å². The first-order chi connectivity index (χ1) is 9.79. The molecule has 1 fully saturated rings. The van der Waals surface area contributed by atoms with Gasteiger partial charge in [0.1, 0.15) is 0 Å². The Hall–Kier alpha value is -1.89. The van der Waals surface area contributed by atoms with Gasteiger partial charge in [0.05, 0.1) is 23.9 Å². The van der Waals surface area contributed by atoms with Crippen LogP contribution in [-0.4, -0.2) is 57.0 Å². The van der Waals surface area contributed by atoms with E-state index in [0.717, 1.165) is 5.69 Å². The molecule has 7 heteroatoms. The van der Waals surface area contributed by atoms with Crippen molar-refractivity contribution in [2.75, 3.05) is 13.1 Å². The number of amides is 1. The zero-order chi connectivity index (χ0) is 15.7. The number of hydrogen-bond acceptors (Lipinski definition) is 4. The van der Waals surface area contributed by atoms with Gasteiger partial charge in [-0.1, -0.05) is 13.8 Å². The number of rotatable bonds is 3. The van der Waals surface area contributed by atoms with E-state index in [9.17, 15) is 9.59 Å². The normalized spacial score (nSPS) is 22.6. The van der Waals surface area contributed by atoms with Crippen LogP contribution in [0.2, 0.25) is 0 Å². The van der Waals surface area contributed by atoms with Crippen LogP contribution in [0.4, 0.5) is 0 Å². The van der Waals surface area contributed by atoms with E-state index in [1.165, 1.54) is 4.90 Å². The van der Waals surface area contributed by atoms with Crippen LogP contribution in [0, 0.1) is 0 Å². The SMILES string of the molecule is CC(C)c1nn(C)cc1C(=O)N1CC(C(=O)O)O[C@H](C)C1. The Bertz CT molecular complexity index is 552. The van der Waals surface area contributed by atoms with Crippen molar-refractivity contribution in [2.45, 2.75) is 38.9 Å². The molecule has 0 radical (unpaired) electrons. The molecule has 116 valence electrons. The van der Waals surface area contributed by atoms with Gasteiger partial charge in [0, 0.05) is 19.8 Å². The van der Waals surface area contributed by atoms with E-state index in [-0.39, 0.29) is 24.5 Å². The van der Waals surface area contributed by atoms with Gasteiger partial charge in [-0.2, -0.15) is 5.10 Å². The monoisotopic (exact) mass is 295 g/mol. The molecule has 7 nitrogen and oxygen atoms in total. The van der Waals surface area contributed by atoms with Crippen LogP contribution >= 0.6 is 0 Å². The standard InChI is InChI=1S/C14H21N3O4/c1-8(2)12-10(6-16(4)15-12)13(18)17-5-9(3)21-11(7-17)14(19)20/h6,8-9,11H,5,7H2,1-4H3,(H,19,20)/t9-,11?/m1/s1. The van der Waals surface area contributed by atoms with Crippen molar-refractivity contribution < 1.29 is 19.4 Å². The maximum absolute atomic E-state index is 12.7. The molecule has 1 aromatic rings. The van der Waals surface area contributed by atoms with E-state index in [1.54, 1.807) is 24.9 Å². The number of aryl methyl sites for hydroxylation is 1. The Balaban J connectivity index is 2.25. The summed E-state index contributed by atoms with van der Waals surface area (Å²) in [4.78, 5) is 25.3. The van der Waals surface area contributed by atoms with Crippen LogP contribution in [0.15, 0.2) is 6.20 Å². The molecule has 1 aliphatic rings. The third kappa shape index (κ3) is 3.24. The molecule has 0 aliphatic carbocycles. The third-order valence-electron chi connectivity index (χ3n) is 3.46. The number of hydrogen-bond donors (Lipinski definition) is 1. The number of carbonyl (C=O) groups is 2. The molecule has 2 rings (SSSR count). The third-order valence-corrected chi connectivity index (χ3v) is 3.46. The molecule has 0 spiro atoms. The minimum absolute atomic E-state index is 0.0605. The summed E-state index contributed by atoms with van der Waals surface area (Å²) < 4.78 is 6.94. The highest BCUT2D eigenvalue weighted by molar-refractivity contribution is 5.95. The highest BCUT2D eigenvalue weighted by atomic mass is 16.5. The van der Waals surface area contributed by atoms with Gasteiger partial charge >= 0.3 is 5.97 Å². The molecule has 1 N–H and O–H groups in total. The van der Waals surface area contributed by atoms with Crippen LogP contribution in [0.1, 0.15) is 42.7 Å². The van der Waals surface area contributed by atoms with Gasteiger partial charge in [0.25, 0.3) is 5.91 Å². The van der Waals surface area contributed by atoms with Crippen molar-refractivity contribution in [2.24, 2.45) is 7.05 Å². The number of morpholine rings is 1. The van der Waals surface area contributed by atoms with Crippen molar-refractivity contribution in [3.8, 4) is 0 Å². The van der Waals surface area contributed by atoms with E-state index in [1.807, 2.05) is 13.8 Å². The van der Waals surface area contributed by atoms with E-state index >= 15 is 0 Å². The fourth-order valence-corrected chi connectivity index (χ4v) is 2.52. The quantitative estimate of drug-likeness (QED) is 0.894. The average molecular weight is 295 g/mol. The zero-order valence-electron chi connectivity index (χ0n) is 12.7. The number of aliphatic carboxylic acids is 1. The summed E-state index contributed by atoms with van der Waals surface area (Å²) >= 11 is 0. The Kier molecular flexibility index (Phi) is 4.32. The van der Waals surface area contributed by atoms with Gasteiger partial charge in [-0.05, 0) is 12.8 Å². The van der Waals surface area contributed by atoms with Gasteiger partial charge in [0.15, 0.2) is 6.10 Å². The Labute approximate surface area is 123 Å². The van der Waals surface area contributed by atoms with E-state index in [4.69, 9.17) is 9.84 Å². The summed E-state index contributed by atoms with van der Waals surface area (Å²) in [5.74, 6) is -1.11. The Morgan fingerprint density at radius 2 is 2.10 bits per heavy atom. The van der Waals surface area contributed by atoms with Gasteiger partial charge in [-0.25, -0.2) is 4.79 Å². The molecule has 0 saturated carbocycles. The molecule has 1 unspecified atom stereocenters. The zero-order valence-corrected chi connectivity index (χ0v) is 12.7. The van der Waals surface area contributed by atoms with Gasteiger partial charge in [-0.15, -0.1) is 0 Å². The molecule has 21 heavy (non-hydrogen) atoms. The van der Waals surface area contributed by atoms with Crippen LogP contribution in [-0.2, 0) is 16.6 Å². The summed E-state index contributed by atoms with van der Waals surface area (Å²) in [6.45, 7) is 6.16. The minimum atomic E-state index is -1.05. The molecule has 1 aliphatic heterocycles. The highest BCUT2D eigenvalue weighted by Gasteiger charge is 2.34. The van der Waals surface area contributed by atoms with Crippen LogP contribution < -0.4 is 0 Å². The average Bonchev–Trinajstić information content (AvgIpc) is 2.79. The smallest absolute Gasteiger partial charge is 0.334 e. The first kappa shape index (κ1) is 15.5. The lowest BCUT2D eigenvalue weighted by molar-refractivity contribution is -0.160. The highest BCUT2D eigenvalue weighted by Crippen LogP contribution is 2.21. The van der Waals surface area contributed by atoms with Crippen molar-refractivity contribution in [1.82, 2.24) is 14.7 Å². The fraction of sp³-hybridized carbons (Fsp3) is 0.643. The first-order valence-corrected chi connectivity index (χ1v) is 7.00. The maximum Gasteiger partial charge on any atom is 0.334 e. The second-order valence-electron chi connectivity index (χ2n) is 5.74. The van der Waals surface area contributed by atoms with Crippen molar-refractivity contribution in [3.63, 3.8) is 0 Å². The molecule has 1 saturated heterocycles. The molecular weight excluding hydrogens is 274 g/mol. The molecule has 1 aromatic heterocycles. The lowest BCUT2D eigenvalue weighted by atomic mass is 10.0. The number of carbonyl (C=O) groups excluding carboxylic acids is 1. The number of carboxylic acids is 1. The van der Waals surface area contributed by atoms with Crippen LogP contribution in [0.25, 0.3) is 0 Å². The topological polar surface area (TPSA) is 84.7 Å². The Morgan fingerprint density at radius 1 is 1.43 bits per heavy atom. The number of carboxylic acid groups (broad SMARTS) is 1. The van der Waals surface area contributed by atoms with Crippen LogP contribution in [0.3, 0.4) is 0 Å². The van der Waals surface area contributed by atoms with E-state index in [0.29, 0.717) is 12.1 Å². The maximum atomic E-state index is 12.7. The van der Waals surface area contributed by atoms with E-state index < -0.39 is 12.1 Å². The Morgan fingerprint density at radius 3 is 2.67 bits per heavy atom. The molecule has 2 heterocycles. The lowest BCUT2D eigenvalue weighted by Gasteiger charge is -2.34. The second-order valence-corrected chi connectivity index (χ2v) is 5.74. The first-order valence-electron chi connectivity index (χ1n) is 7.00. The fourth-order valence-electron chi connectivity index (χ4n) is 2.52. The van der Waals surface area contributed by atoms with Gasteiger partial charge < -0.3 is 14.7 Å². The molecule has 1 amide bonds. The number of aromatic nitrogens is 2. The summed E-state index contributed by atoms with van der Waals surface area (Å²) in [5, 5.41) is 13.4. The number of ether oxygens (including phenoxy) is 1. The largest absolute Gasteiger partial charge is 0.479 e. The molecule has 2 atom stereocenters. The van der Waals surface area contributed by atoms with Crippen molar-refractivity contribution in [1.29, 1.82) is 0 Å². The lowest BCUT2D eigenvalue weighted by Crippen LogP contribution is -2.51. The second kappa shape index (κ2) is 5.85. The van der Waals surface area contributed by atoms with E-state index in [2.05, 4.69) is 5.10 Å². The molecule has 0 bridgehead atoms. The predicted octanol–water partition coefficient (Wildman–Crippen LogP) is 0.858. The summed E-state index contributed by atoms with van der Waals surface area (Å²) in [7, 11) is 1.77. The summed E-state index contributed by atoms with van der Waals surface area (Å²) in [5.41, 5.74) is 1.26. The van der Waals surface area contributed by atoms with Crippen molar-refractivity contribution >= 4 is 11.9 Å². The number of nitrogens with zero attached hydrogens (tertiary/aromatic N) is 3. The van der Waals surface area contributed by atoms with Crippen molar-refractivity contribution in [3.05, 3.63) is 17.5 Å². The summed E-state index contributed by atoms with van der Waals surface area (Å²) in [6, 6.07) is 0. The predicted molar refractivity (Wildman–Crippen MR) is 75.2 cm³/mol. The van der Waals surface area contributed by atoms with Gasteiger partial charge in [0.2, 0.25) is 0 Å². The minimum Gasteiger partial charge on any atom is -0.479 e. The molecular formula is C14H21N3O4. The van der Waals surface area contributed by atoms with Gasteiger partial charge in [-0.3, -0.25) is 9.48 Å².